The number of anilines is 1. The molecule has 2 aromatic rings. The number of hydrogen-bond acceptors (Lipinski definition) is 4. The van der Waals surface area contributed by atoms with E-state index in [1.807, 2.05) is 18.2 Å². The Morgan fingerprint density at radius 2 is 2.15 bits per heavy atom. The lowest BCUT2D eigenvalue weighted by Gasteiger charge is -2.28. The quantitative estimate of drug-likeness (QED) is 0.752. The van der Waals surface area contributed by atoms with Crippen molar-refractivity contribution in [2.24, 2.45) is 0 Å². The van der Waals surface area contributed by atoms with E-state index in [1.54, 1.807) is 23.3 Å². The molecule has 5 nitrogen and oxygen atoms in total. The van der Waals surface area contributed by atoms with Crippen molar-refractivity contribution in [2.45, 2.75) is 39.0 Å². The third-order valence-electron chi connectivity index (χ3n) is 5.28. The number of benzene rings is 1. The van der Waals surface area contributed by atoms with E-state index < -0.39 is 0 Å². The molecule has 26 heavy (non-hydrogen) atoms. The Morgan fingerprint density at radius 3 is 2.85 bits per heavy atom. The number of amides is 1. The van der Waals surface area contributed by atoms with Crippen molar-refractivity contribution >= 4 is 33.8 Å². The minimum Gasteiger partial charge on any atom is -0.495 e. The first-order valence-corrected chi connectivity index (χ1v) is 10.1. The molecule has 1 aromatic carbocycles. The summed E-state index contributed by atoms with van der Waals surface area (Å²) in [5.74, 6) is 0.628. The first-order chi connectivity index (χ1) is 12.5. The number of fused-ring (bicyclic) bond motifs is 3. The van der Waals surface area contributed by atoms with E-state index in [-0.39, 0.29) is 12.1 Å². The third-order valence-corrected chi connectivity index (χ3v) is 6.74. The van der Waals surface area contributed by atoms with Gasteiger partial charge in [0.15, 0.2) is 0 Å². The van der Waals surface area contributed by atoms with Gasteiger partial charge in [-0.1, -0.05) is 17.7 Å². The number of methoxy groups -OCH3 is 1. The number of hydrogen-bond donors (Lipinski definition) is 3. The van der Waals surface area contributed by atoms with Crippen LogP contribution in [0.3, 0.4) is 0 Å². The average Bonchev–Trinajstić information content (AvgIpc) is 2.99. The number of carbonyl (C=O) groups is 1. The molecule has 3 heterocycles. The number of halogens is 1. The predicted octanol–water partition coefficient (Wildman–Crippen LogP) is 2.61. The molecule has 2 aliphatic heterocycles. The summed E-state index contributed by atoms with van der Waals surface area (Å²) >= 11 is 7.97. The summed E-state index contributed by atoms with van der Waals surface area (Å²) in [7, 11) is 1.59. The molecule has 138 valence electrons. The molecule has 3 N–H and O–H groups in total. The van der Waals surface area contributed by atoms with E-state index in [2.05, 4.69) is 24.5 Å². The van der Waals surface area contributed by atoms with Gasteiger partial charge in [0, 0.05) is 6.42 Å². The molecular weight excluding hydrogens is 370 g/mol. The lowest BCUT2D eigenvalue weighted by molar-refractivity contribution is -0.936. The van der Waals surface area contributed by atoms with Gasteiger partial charge in [0.25, 0.3) is 5.91 Å². The molecular formula is C19H23ClN3O2S+. The van der Waals surface area contributed by atoms with E-state index in [0.29, 0.717) is 16.8 Å². The van der Waals surface area contributed by atoms with Gasteiger partial charge >= 0.3 is 0 Å². The molecule has 2 atom stereocenters. The Bertz CT molecular complexity index is 865. The average molecular weight is 393 g/mol. The van der Waals surface area contributed by atoms with Crippen LogP contribution in [0, 0.1) is 0 Å². The van der Waals surface area contributed by atoms with Crippen molar-refractivity contribution in [3.8, 4) is 5.75 Å². The van der Waals surface area contributed by atoms with Crippen LogP contribution < -0.4 is 20.3 Å². The Morgan fingerprint density at radius 1 is 1.35 bits per heavy atom. The Hall–Kier alpha value is -1.76. The molecule has 0 saturated carbocycles. The fourth-order valence-corrected chi connectivity index (χ4v) is 5.33. The zero-order valence-electron chi connectivity index (χ0n) is 15.1. The van der Waals surface area contributed by atoms with E-state index >= 15 is 0 Å². The van der Waals surface area contributed by atoms with Crippen LogP contribution in [0.15, 0.2) is 18.2 Å². The molecule has 0 spiro atoms. The van der Waals surface area contributed by atoms with E-state index in [1.165, 1.54) is 10.4 Å². The summed E-state index contributed by atoms with van der Waals surface area (Å²) in [6.45, 7) is 6.59. The first-order valence-electron chi connectivity index (χ1n) is 8.88. The number of rotatable bonds is 3. The normalized spacial score (nSPS) is 21.7. The smallest absolute Gasteiger partial charge is 0.256 e. The Kier molecular flexibility index (Phi) is 4.59. The molecule has 4 rings (SSSR count). The summed E-state index contributed by atoms with van der Waals surface area (Å²) in [5.41, 5.74) is 2.98. The molecule has 0 bridgehead atoms. The topological polar surface area (TPSA) is 54.8 Å². The van der Waals surface area contributed by atoms with Gasteiger partial charge < -0.3 is 20.3 Å². The molecule has 1 amide bonds. The number of quaternary nitrogens is 1. The van der Waals surface area contributed by atoms with Gasteiger partial charge in [0.2, 0.25) is 0 Å². The van der Waals surface area contributed by atoms with Gasteiger partial charge in [0.05, 0.1) is 35.2 Å². The summed E-state index contributed by atoms with van der Waals surface area (Å²) in [4.78, 5) is 15.7. The zero-order chi connectivity index (χ0) is 18.4. The van der Waals surface area contributed by atoms with Crippen molar-refractivity contribution in [1.82, 2.24) is 5.32 Å². The van der Waals surface area contributed by atoms with Crippen LogP contribution in [0.2, 0.25) is 5.02 Å². The van der Waals surface area contributed by atoms with E-state index in [0.717, 1.165) is 35.6 Å². The summed E-state index contributed by atoms with van der Waals surface area (Å²) in [6.07, 6.45) is 0.676. The summed E-state index contributed by atoms with van der Waals surface area (Å²) < 4.78 is 5.21. The van der Waals surface area contributed by atoms with Crippen LogP contribution in [0.25, 0.3) is 0 Å². The van der Waals surface area contributed by atoms with Crippen molar-refractivity contribution in [1.29, 1.82) is 0 Å². The van der Waals surface area contributed by atoms with Crippen LogP contribution in [-0.2, 0) is 13.0 Å². The number of nitrogens with one attached hydrogen (secondary N) is 3. The van der Waals surface area contributed by atoms with Crippen LogP contribution in [0.4, 0.5) is 5.00 Å². The SMILES string of the molecule is COc1ccc([C@H]2NC(=O)c3c(sc4c3CC[NH+](C(C)C)C4)N2)cc1Cl. The van der Waals surface area contributed by atoms with Crippen LogP contribution in [0.5, 0.6) is 5.75 Å². The lowest BCUT2D eigenvalue weighted by atomic mass is 9.99. The molecule has 0 saturated heterocycles. The lowest BCUT2D eigenvalue weighted by Crippen LogP contribution is -3.14. The molecule has 1 aromatic heterocycles. The van der Waals surface area contributed by atoms with Crippen molar-refractivity contribution in [3.63, 3.8) is 0 Å². The van der Waals surface area contributed by atoms with E-state index in [9.17, 15) is 4.79 Å². The van der Waals surface area contributed by atoms with Crippen molar-refractivity contribution < 1.29 is 14.4 Å². The molecule has 0 fully saturated rings. The summed E-state index contributed by atoms with van der Waals surface area (Å²) in [6, 6.07) is 6.18. The molecule has 0 aliphatic carbocycles. The van der Waals surface area contributed by atoms with Gasteiger partial charge in [-0.25, -0.2) is 0 Å². The number of ether oxygens (including phenoxy) is 1. The Balaban J connectivity index is 1.63. The highest BCUT2D eigenvalue weighted by Crippen LogP contribution is 2.39. The molecule has 2 aliphatic rings. The highest BCUT2D eigenvalue weighted by atomic mass is 35.5. The van der Waals surface area contributed by atoms with Crippen LogP contribution in [0.1, 0.15) is 46.4 Å². The minimum absolute atomic E-state index is 0.00110. The standard InChI is InChI=1S/C19H22ClN3O2S/c1-10(2)23-7-6-12-15(9-23)26-19-16(12)18(24)21-17(22-19)11-4-5-14(25-3)13(20)8-11/h4-5,8,10,17,22H,6-7,9H2,1-3H3,(H,21,24)/p+1/t17-/m0/s1. The fourth-order valence-electron chi connectivity index (χ4n) is 3.73. The second-order valence-corrected chi connectivity index (χ2v) is 8.65. The predicted molar refractivity (Wildman–Crippen MR) is 105 cm³/mol. The zero-order valence-corrected chi connectivity index (χ0v) is 16.7. The van der Waals surface area contributed by atoms with Gasteiger partial charge in [-0.15, -0.1) is 11.3 Å². The number of carbonyl (C=O) groups excluding carboxylic acids is 1. The third kappa shape index (κ3) is 2.96. The second-order valence-electron chi connectivity index (χ2n) is 7.14. The van der Waals surface area contributed by atoms with Gasteiger partial charge in [0.1, 0.15) is 23.5 Å². The summed E-state index contributed by atoms with van der Waals surface area (Å²) in [5, 5.41) is 8.07. The largest absolute Gasteiger partial charge is 0.495 e. The van der Waals surface area contributed by atoms with E-state index in [4.69, 9.17) is 16.3 Å². The molecule has 1 unspecified atom stereocenters. The fraction of sp³-hybridized carbons (Fsp3) is 0.421. The van der Waals surface area contributed by atoms with Crippen LogP contribution >= 0.6 is 22.9 Å². The maximum absolute atomic E-state index is 12.8. The van der Waals surface area contributed by atoms with Gasteiger partial charge in [-0.05, 0) is 37.1 Å². The first kappa shape index (κ1) is 17.6. The monoisotopic (exact) mass is 392 g/mol. The highest BCUT2D eigenvalue weighted by Gasteiger charge is 2.35. The molecule has 0 radical (unpaired) electrons. The van der Waals surface area contributed by atoms with Gasteiger partial charge in [-0.2, -0.15) is 0 Å². The van der Waals surface area contributed by atoms with Crippen molar-refractivity contribution in [3.05, 3.63) is 44.8 Å². The minimum atomic E-state index is -0.285. The molecule has 7 heteroatoms. The number of thiophene rings is 1. The maximum Gasteiger partial charge on any atom is 0.256 e. The van der Waals surface area contributed by atoms with Gasteiger partial charge in [-0.3, -0.25) is 4.79 Å². The second kappa shape index (κ2) is 6.76. The maximum atomic E-state index is 12.8. The Labute approximate surface area is 162 Å². The van der Waals surface area contributed by atoms with Crippen LogP contribution in [-0.4, -0.2) is 25.6 Å². The van der Waals surface area contributed by atoms with Crippen molar-refractivity contribution in [2.75, 3.05) is 19.0 Å². The highest BCUT2D eigenvalue weighted by molar-refractivity contribution is 7.16.